The van der Waals surface area contributed by atoms with Crippen LogP contribution in [-0.2, 0) is 11.2 Å². The number of carbonyl (C=O) groups excluding carboxylic acids is 1. The molecule has 1 aromatic rings. The quantitative estimate of drug-likeness (QED) is 0.831. The van der Waals surface area contributed by atoms with Gasteiger partial charge in [0.2, 0.25) is 5.91 Å². The first-order valence-corrected chi connectivity index (χ1v) is 8.82. The summed E-state index contributed by atoms with van der Waals surface area (Å²) < 4.78 is 0. The molecule has 1 N–H and O–H groups in total. The minimum atomic E-state index is 0.161. The number of nitrogens with one attached hydrogen (secondary N) is 1. The van der Waals surface area contributed by atoms with E-state index in [-0.39, 0.29) is 5.91 Å². The minimum Gasteiger partial charge on any atom is -0.356 e. The Morgan fingerprint density at radius 1 is 1.32 bits per heavy atom. The summed E-state index contributed by atoms with van der Waals surface area (Å²) in [7, 11) is 0. The Hall–Kier alpha value is -1.06. The molecule has 0 saturated carbocycles. The van der Waals surface area contributed by atoms with E-state index in [1.54, 1.807) is 0 Å². The molecule has 0 bridgehead atoms. The topological polar surface area (TPSA) is 32.3 Å². The molecule has 0 spiro atoms. The lowest BCUT2D eigenvalue weighted by Crippen LogP contribution is -2.41. The molecule has 0 radical (unpaired) electrons. The van der Waals surface area contributed by atoms with Crippen molar-refractivity contribution in [3.8, 4) is 0 Å². The third-order valence-electron chi connectivity index (χ3n) is 4.50. The van der Waals surface area contributed by atoms with E-state index in [1.165, 1.54) is 31.2 Å². The van der Waals surface area contributed by atoms with Crippen molar-refractivity contribution < 1.29 is 4.79 Å². The fourth-order valence-corrected chi connectivity index (χ4v) is 3.27. The molecule has 1 aromatic carbocycles. The van der Waals surface area contributed by atoms with Crippen LogP contribution in [0.15, 0.2) is 24.3 Å². The molecule has 4 heteroatoms. The molecule has 3 nitrogen and oxygen atoms in total. The van der Waals surface area contributed by atoms with Crippen LogP contribution in [0.4, 0.5) is 0 Å². The number of benzene rings is 1. The van der Waals surface area contributed by atoms with Crippen LogP contribution >= 0.6 is 11.6 Å². The smallest absolute Gasteiger partial charge is 0.221 e. The summed E-state index contributed by atoms with van der Waals surface area (Å²) in [6.07, 6.45) is 6.55. The predicted octanol–water partition coefficient (Wildman–Crippen LogP) is 3.65. The maximum Gasteiger partial charge on any atom is 0.221 e. The van der Waals surface area contributed by atoms with Gasteiger partial charge in [-0.15, -0.1) is 0 Å². The SMILES string of the molecule is CCC1CCCCN1CCC(=O)NCCc1ccc(Cl)cc1. The van der Waals surface area contributed by atoms with E-state index in [9.17, 15) is 4.79 Å². The van der Waals surface area contributed by atoms with E-state index in [2.05, 4.69) is 17.1 Å². The van der Waals surface area contributed by atoms with Crippen molar-refractivity contribution in [1.29, 1.82) is 0 Å². The van der Waals surface area contributed by atoms with E-state index in [0.29, 0.717) is 19.0 Å². The molecule has 0 aliphatic carbocycles. The Kier molecular flexibility index (Phi) is 7.20. The molecule has 1 amide bonds. The Bertz CT molecular complexity index is 461. The van der Waals surface area contributed by atoms with E-state index >= 15 is 0 Å². The zero-order valence-electron chi connectivity index (χ0n) is 13.5. The van der Waals surface area contributed by atoms with Crippen LogP contribution < -0.4 is 5.32 Å². The van der Waals surface area contributed by atoms with Gasteiger partial charge in [0.15, 0.2) is 0 Å². The molecule has 2 rings (SSSR count). The molecular weight excluding hydrogens is 296 g/mol. The van der Waals surface area contributed by atoms with E-state index in [4.69, 9.17) is 11.6 Å². The zero-order valence-corrected chi connectivity index (χ0v) is 14.2. The lowest BCUT2D eigenvalue weighted by molar-refractivity contribution is -0.121. The van der Waals surface area contributed by atoms with E-state index < -0.39 is 0 Å². The summed E-state index contributed by atoms with van der Waals surface area (Å²) in [5, 5.41) is 3.77. The summed E-state index contributed by atoms with van der Waals surface area (Å²) in [5.41, 5.74) is 1.20. The maximum absolute atomic E-state index is 12.0. The highest BCUT2D eigenvalue weighted by Crippen LogP contribution is 2.19. The maximum atomic E-state index is 12.0. The molecule has 122 valence electrons. The highest BCUT2D eigenvalue weighted by atomic mass is 35.5. The number of hydrogen-bond acceptors (Lipinski definition) is 2. The fourth-order valence-electron chi connectivity index (χ4n) is 3.15. The second-order valence-corrected chi connectivity index (χ2v) is 6.51. The zero-order chi connectivity index (χ0) is 15.8. The highest BCUT2D eigenvalue weighted by molar-refractivity contribution is 6.30. The molecule has 1 saturated heterocycles. The molecule has 1 heterocycles. The molecule has 1 aliphatic rings. The third kappa shape index (κ3) is 5.62. The third-order valence-corrected chi connectivity index (χ3v) is 4.75. The van der Waals surface area contributed by atoms with Crippen LogP contribution in [-0.4, -0.2) is 36.5 Å². The van der Waals surface area contributed by atoms with Gasteiger partial charge in [-0.05, 0) is 49.9 Å². The van der Waals surface area contributed by atoms with E-state index in [1.807, 2.05) is 24.3 Å². The van der Waals surface area contributed by atoms with Gasteiger partial charge in [0.05, 0.1) is 0 Å². The lowest BCUT2D eigenvalue weighted by Gasteiger charge is -2.35. The number of amides is 1. The van der Waals surface area contributed by atoms with Crippen molar-refractivity contribution in [2.45, 2.75) is 51.5 Å². The summed E-state index contributed by atoms with van der Waals surface area (Å²) in [5.74, 6) is 0.161. The van der Waals surface area contributed by atoms with Crippen molar-refractivity contribution in [1.82, 2.24) is 10.2 Å². The normalized spacial score (nSPS) is 19.1. The molecule has 1 unspecified atom stereocenters. The number of likely N-dealkylation sites (tertiary alicyclic amines) is 1. The first kappa shape index (κ1) is 17.3. The summed E-state index contributed by atoms with van der Waals surface area (Å²) in [6, 6.07) is 8.47. The average Bonchev–Trinajstić information content (AvgIpc) is 2.55. The van der Waals surface area contributed by atoms with Gasteiger partial charge in [-0.3, -0.25) is 9.69 Å². The Morgan fingerprint density at radius 2 is 2.09 bits per heavy atom. The van der Waals surface area contributed by atoms with Crippen LogP contribution in [0.25, 0.3) is 0 Å². The van der Waals surface area contributed by atoms with Gasteiger partial charge < -0.3 is 5.32 Å². The predicted molar refractivity (Wildman–Crippen MR) is 92.3 cm³/mol. The van der Waals surface area contributed by atoms with Gasteiger partial charge in [-0.25, -0.2) is 0 Å². The molecular formula is C18H27ClN2O. The van der Waals surface area contributed by atoms with Crippen LogP contribution in [0.1, 0.15) is 44.6 Å². The van der Waals surface area contributed by atoms with Gasteiger partial charge in [0, 0.05) is 30.6 Å². The number of hydrogen-bond donors (Lipinski definition) is 1. The van der Waals surface area contributed by atoms with Crippen molar-refractivity contribution in [2.24, 2.45) is 0 Å². The van der Waals surface area contributed by atoms with Crippen molar-refractivity contribution >= 4 is 17.5 Å². The number of halogens is 1. The van der Waals surface area contributed by atoms with Crippen molar-refractivity contribution in [2.75, 3.05) is 19.6 Å². The van der Waals surface area contributed by atoms with Gasteiger partial charge in [-0.2, -0.15) is 0 Å². The monoisotopic (exact) mass is 322 g/mol. The van der Waals surface area contributed by atoms with Crippen LogP contribution in [0.2, 0.25) is 5.02 Å². The summed E-state index contributed by atoms with van der Waals surface area (Å²) >= 11 is 5.86. The number of carbonyl (C=O) groups is 1. The second-order valence-electron chi connectivity index (χ2n) is 6.07. The minimum absolute atomic E-state index is 0.161. The molecule has 1 atom stereocenters. The van der Waals surface area contributed by atoms with Crippen LogP contribution in [0.3, 0.4) is 0 Å². The summed E-state index contributed by atoms with van der Waals surface area (Å²) in [6.45, 7) is 4.98. The largest absolute Gasteiger partial charge is 0.356 e. The van der Waals surface area contributed by atoms with E-state index in [0.717, 1.165) is 24.5 Å². The number of nitrogens with zero attached hydrogens (tertiary/aromatic N) is 1. The lowest BCUT2D eigenvalue weighted by atomic mass is 10.00. The first-order valence-electron chi connectivity index (χ1n) is 8.44. The number of rotatable bonds is 7. The summed E-state index contributed by atoms with van der Waals surface area (Å²) in [4.78, 5) is 14.5. The molecule has 22 heavy (non-hydrogen) atoms. The molecule has 1 aliphatic heterocycles. The number of piperidine rings is 1. The second kappa shape index (κ2) is 9.16. The van der Waals surface area contributed by atoms with Gasteiger partial charge in [-0.1, -0.05) is 37.1 Å². The van der Waals surface area contributed by atoms with Crippen molar-refractivity contribution in [3.63, 3.8) is 0 Å². The highest BCUT2D eigenvalue weighted by Gasteiger charge is 2.20. The van der Waals surface area contributed by atoms with Crippen molar-refractivity contribution in [3.05, 3.63) is 34.9 Å². The van der Waals surface area contributed by atoms with Gasteiger partial charge in [0.25, 0.3) is 0 Å². The Morgan fingerprint density at radius 3 is 2.82 bits per heavy atom. The van der Waals surface area contributed by atoms with Crippen LogP contribution in [0, 0.1) is 0 Å². The molecule has 0 aromatic heterocycles. The first-order chi connectivity index (χ1) is 10.7. The Labute approximate surface area is 139 Å². The Balaban J connectivity index is 1.64. The van der Waals surface area contributed by atoms with Gasteiger partial charge >= 0.3 is 0 Å². The molecule has 1 fully saturated rings. The standard InChI is InChI=1S/C18H27ClN2O/c1-2-17-5-3-4-13-21(17)14-11-18(22)20-12-10-15-6-8-16(19)9-7-15/h6-9,17H,2-5,10-14H2,1H3,(H,20,22). The fraction of sp³-hybridized carbons (Fsp3) is 0.611. The van der Waals surface area contributed by atoms with Crippen LogP contribution in [0.5, 0.6) is 0 Å². The average molecular weight is 323 g/mol. The van der Waals surface area contributed by atoms with Gasteiger partial charge in [0.1, 0.15) is 0 Å².